The van der Waals surface area contributed by atoms with Crippen molar-refractivity contribution < 1.29 is 13.6 Å². The molecule has 0 saturated heterocycles. The van der Waals surface area contributed by atoms with Crippen LogP contribution in [0.1, 0.15) is 16.8 Å². The Labute approximate surface area is 120 Å². The lowest BCUT2D eigenvalue weighted by Gasteiger charge is -2.04. The standard InChI is InChI=1S/C14H13ClF2N2O/c1-8-11(14(15)19(2)18-8)7-10(20)6-9-4-3-5-12(16)13(9)17/h3-5H,6-7H2,1-2H3. The maximum atomic E-state index is 13.5. The molecule has 0 aliphatic carbocycles. The van der Waals surface area contributed by atoms with E-state index in [-0.39, 0.29) is 24.2 Å². The van der Waals surface area contributed by atoms with Gasteiger partial charge in [0, 0.05) is 25.5 Å². The van der Waals surface area contributed by atoms with Crippen molar-refractivity contribution in [1.29, 1.82) is 0 Å². The second kappa shape index (κ2) is 5.71. The fourth-order valence-electron chi connectivity index (χ4n) is 2.03. The normalized spacial score (nSPS) is 10.8. The number of aryl methyl sites for hydroxylation is 2. The molecule has 6 heteroatoms. The molecule has 1 heterocycles. The Morgan fingerprint density at radius 3 is 2.65 bits per heavy atom. The van der Waals surface area contributed by atoms with Crippen LogP contribution < -0.4 is 0 Å². The molecule has 0 atom stereocenters. The molecule has 3 nitrogen and oxygen atoms in total. The van der Waals surface area contributed by atoms with E-state index >= 15 is 0 Å². The van der Waals surface area contributed by atoms with Gasteiger partial charge in [-0.1, -0.05) is 23.7 Å². The van der Waals surface area contributed by atoms with Crippen LogP contribution in [0.25, 0.3) is 0 Å². The van der Waals surface area contributed by atoms with E-state index in [2.05, 4.69) is 5.10 Å². The molecular weight excluding hydrogens is 286 g/mol. The monoisotopic (exact) mass is 298 g/mol. The molecule has 2 aromatic rings. The lowest BCUT2D eigenvalue weighted by atomic mass is 10.0. The molecule has 0 fully saturated rings. The first-order valence-electron chi connectivity index (χ1n) is 6.02. The summed E-state index contributed by atoms with van der Waals surface area (Å²) in [6.07, 6.45) is -0.122. The number of aromatic nitrogens is 2. The Morgan fingerprint density at radius 2 is 2.05 bits per heavy atom. The smallest absolute Gasteiger partial charge is 0.162 e. The van der Waals surface area contributed by atoms with E-state index in [1.54, 1.807) is 14.0 Å². The molecule has 20 heavy (non-hydrogen) atoms. The van der Waals surface area contributed by atoms with E-state index in [0.717, 1.165) is 6.07 Å². The zero-order valence-electron chi connectivity index (χ0n) is 11.1. The lowest BCUT2D eigenvalue weighted by Crippen LogP contribution is -2.09. The number of carbonyl (C=O) groups is 1. The number of hydrogen-bond donors (Lipinski definition) is 0. The van der Waals surface area contributed by atoms with Gasteiger partial charge in [-0.05, 0) is 18.6 Å². The first-order chi connectivity index (χ1) is 9.40. The highest BCUT2D eigenvalue weighted by atomic mass is 35.5. The van der Waals surface area contributed by atoms with Crippen LogP contribution in [0.2, 0.25) is 5.15 Å². The number of ketones is 1. The van der Waals surface area contributed by atoms with Gasteiger partial charge in [0.2, 0.25) is 0 Å². The van der Waals surface area contributed by atoms with Crippen molar-refractivity contribution in [3.8, 4) is 0 Å². The molecule has 0 N–H and O–H groups in total. The van der Waals surface area contributed by atoms with E-state index in [0.29, 0.717) is 16.4 Å². The Balaban J connectivity index is 2.15. The van der Waals surface area contributed by atoms with Gasteiger partial charge in [0.25, 0.3) is 0 Å². The first kappa shape index (κ1) is 14.7. The third kappa shape index (κ3) is 2.88. The third-order valence-corrected chi connectivity index (χ3v) is 3.54. The van der Waals surface area contributed by atoms with Gasteiger partial charge in [0.15, 0.2) is 11.6 Å². The summed E-state index contributed by atoms with van der Waals surface area (Å²) in [5.41, 5.74) is 1.33. The second-order valence-corrected chi connectivity index (χ2v) is 4.94. The van der Waals surface area contributed by atoms with Crippen molar-refractivity contribution in [1.82, 2.24) is 9.78 Å². The van der Waals surface area contributed by atoms with Crippen LogP contribution in [-0.4, -0.2) is 15.6 Å². The fraction of sp³-hybridized carbons (Fsp3) is 0.286. The summed E-state index contributed by atoms with van der Waals surface area (Å²) in [4.78, 5) is 12.0. The van der Waals surface area contributed by atoms with Crippen molar-refractivity contribution >= 4 is 17.4 Å². The highest BCUT2D eigenvalue weighted by molar-refractivity contribution is 6.30. The van der Waals surface area contributed by atoms with Gasteiger partial charge in [-0.15, -0.1) is 0 Å². The molecule has 0 aliphatic rings. The van der Waals surface area contributed by atoms with Crippen molar-refractivity contribution in [3.63, 3.8) is 0 Å². The highest BCUT2D eigenvalue weighted by Gasteiger charge is 2.17. The van der Waals surface area contributed by atoms with Gasteiger partial charge in [-0.2, -0.15) is 5.10 Å². The molecule has 106 valence electrons. The molecule has 2 rings (SSSR count). The number of Topliss-reactive ketones (excluding diaryl/α,β-unsaturated/α-hetero) is 1. The maximum Gasteiger partial charge on any atom is 0.162 e. The molecule has 1 aromatic carbocycles. The van der Waals surface area contributed by atoms with Crippen LogP contribution in [0, 0.1) is 18.6 Å². The Hall–Kier alpha value is -1.75. The minimum atomic E-state index is -0.977. The average molecular weight is 299 g/mol. The van der Waals surface area contributed by atoms with Gasteiger partial charge >= 0.3 is 0 Å². The molecular formula is C14H13ClF2N2O. The quantitative estimate of drug-likeness (QED) is 0.869. The third-order valence-electron chi connectivity index (χ3n) is 3.06. The summed E-state index contributed by atoms with van der Waals surface area (Å²) in [5.74, 6) is -2.17. The van der Waals surface area contributed by atoms with E-state index in [1.807, 2.05) is 0 Å². The van der Waals surface area contributed by atoms with Crippen molar-refractivity contribution in [2.75, 3.05) is 0 Å². The molecule has 0 unspecified atom stereocenters. The molecule has 0 radical (unpaired) electrons. The van der Waals surface area contributed by atoms with Crippen LogP contribution >= 0.6 is 11.6 Å². The molecule has 0 bridgehead atoms. The predicted octanol–water partition coefficient (Wildman–Crippen LogP) is 3.01. The van der Waals surface area contributed by atoms with Gasteiger partial charge in [0.05, 0.1) is 5.69 Å². The van der Waals surface area contributed by atoms with Gasteiger partial charge in [-0.25, -0.2) is 8.78 Å². The lowest BCUT2D eigenvalue weighted by molar-refractivity contribution is -0.117. The number of rotatable bonds is 4. The summed E-state index contributed by atoms with van der Waals surface area (Å²) in [6, 6.07) is 3.79. The van der Waals surface area contributed by atoms with Gasteiger partial charge < -0.3 is 0 Å². The van der Waals surface area contributed by atoms with Gasteiger partial charge in [-0.3, -0.25) is 9.48 Å². The Morgan fingerprint density at radius 1 is 1.35 bits per heavy atom. The first-order valence-corrected chi connectivity index (χ1v) is 6.40. The summed E-state index contributed by atoms with van der Waals surface area (Å²) in [5, 5.41) is 4.49. The van der Waals surface area contributed by atoms with Crippen molar-refractivity contribution in [2.45, 2.75) is 19.8 Å². The van der Waals surface area contributed by atoms with Crippen LogP contribution in [-0.2, 0) is 24.7 Å². The average Bonchev–Trinajstić information content (AvgIpc) is 2.62. The predicted molar refractivity (Wildman–Crippen MR) is 71.7 cm³/mol. The SMILES string of the molecule is Cc1nn(C)c(Cl)c1CC(=O)Cc1cccc(F)c1F. The maximum absolute atomic E-state index is 13.5. The number of benzene rings is 1. The number of halogens is 3. The topological polar surface area (TPSA) is 34.9 Å². The van der Waals surface area contributed by atoms with Crippen LogP contribution in [0.5, 0.6) is 0 Å². The highest BCUT2D eigenvalue weighted by Crippen LogP contribution is 2.20. The van der Waals surface area contributed by atoms with Crippen LogP contribution in [0.15, 0.2) is 18.2 Å². The minimum Gasteiger partial charge on any atom is -0.299 e. The van der Waals surface area contributed by atoms with E-state index < -0.39 is 11.6 Å². The summed E-state index contributed by atoms with van der Waals surface area (Å²) in [7, 11) is 1.68. The summed E-state index contributed by atoms with van der Waals surface area (Å²) < 4.78 is 28.0. The minimum absolute atomic E-state index is 0.0488. The van der Waals surface area contributed by atoms with Crippen LogP contribution in [0.4, 0.5) is 8.78 Å². The van der Waals surface area contributed by atoms with Crippen molar-refractivity contribution in [3.05, 3.63) is 51.8 Å². The van der Waals surface area contributed by atoms with Gasteiger partial charge in [0.1, 0.15) is 10.9 Å². The molecule has 1 aromatic heterocycles. The fourth-order valence-corrected chi connectivity index (χ4v) is 2.27. The number of nitrogens with zero attached hydrogens (tertiary/aromatic N) is 2. The van der Waals surface area contributed by atoms with Crippen molar-refractivity contribution in [2.24, 2.45) is 7.05 Å². The Kier molecular flexibility index (Phi) is 4.18. The second-order valence-electron chi connectivity index (χ2n) is 4.58. The van der Waals surface area contributed by atoms with E-state index in [9.17, 15) is 13.6 Å². The van der Waals surface area contributed by atoms with E-state index in [1.165, 1.54) is 16.8 Å². The van der Waals surface area contributed by atoms with E-state index in [4.69, 9.17) is 11.6 Å². The molecule has 0 spiro atoms. The molecule has 0 saturated carbocycles. The summed E-state index contributed by atoms with van der Waals surface area (Å²) >= 11 is 6.03. The molecule has 0 amide bonds. The number of hydrogen-bond acceptors (Lipinski definition) is 2. The zero-order valence-corrected chi connectivity index (χ0v) is 11.8. The number of carbonyl (C=O) groups excluding carboxylic acids is 1. The Bertz CT molecular complexity index is 667. The van der Waals surface area contributed by atoms with Crippen LogP contribution in [0.3, 0.4) is 0 Å². The largest absolute Gasteiger partial charge is 0.299 e. The zero-order chi connectivity index (χ0) is 14.9. The summed E-state index contributed by atoms with van der Waals surface area (Å²) in [6.45, 7) is 1.75. The molecule has 0 aliphatic heterocycles.